The molecule has 0 radical (unpaired) electrons. The topological polar surface area (TPSA) is 48.5 Å². The number of rotatable bonds is 6. The van der Waals surface area contributed by atoms with Gasteiger partial charge in [0.05, 0.1) is 13.1 Å². The van der Waals surface area contributed by atoms with E-state index in [-0.39, 0.29) is 5.91 Å². The Bertz CT molecular complexity index is 952. The smallest absolute Gasteiger partial charge is 0.251 e. The first kappa shape index (κ1) is 22.5. The summed E-state index contributed by atoms with van der Waals surface area (Å²) in [6, 6.07) is 10.0. The van der Waals surface area contributed by atoms with Gasteiger partial charge in [0.25, 0.3) is 5.91 Å². The van der Waals surface area contributed by atoms with Crippen molar-refractivity contribution in [1.29, 1.82) is 0 Å². The Morgan fingerprint density at radius 1 is 1.27 bits per heavy atom. The maximum atomic E-state index is 12.9. The van der Waals surface area contributed by atoms with Crippen LogP contribution in [0.3, 0.4) is 0 Å². The third kappa shape index (κ3) is 5.50. The lowest BCUT2D eigenvalue weighted by Gasteiger charge is -2.28. The molecule has 7 heteroatoms. The second kappa shape index (κ2) is 9.33. The maximum absolute atomic E-state index is 12.9. The van der Waals surface area contributed by atoms with E-state index in [9.17, 15) is 4.79 Å². The Labute approximate surface area is 185 Å². The van der Waals surface area contributed by atoms with Gasteiger partial charge in [0.15, 0.2) is 0 Å². The summed E-state index contributed by atoms with van der Waals surface area (Å²) in [6.07, 6.45) is 4.37. The first-order valence-corrected chi connectivity index (χ1v) is 14.2. The largest absolute Gasteiger partial charge is 0.351 e. The van der Waals surface area contributed by atoms with Gasteiger partial charge >= 0.3 is 0 Å². The zero-order valence-electron chi connectivity index (χ0n) is 18.5. The molecule has 1 aliphatic heterocycles. The Balaban J connectivity index is 1.72. The first-order valence-electron chi connectivity index (χ1n) is 10.3. The second-order valence-electron chi connectivity index (χ2n) is 9.05. The van der Waals surface area contributed by atoms with Gasteiger partial charge in [0.1, 0.15) is 5.82 Å². The van der Waals surface area contributed by atoms with Crippen molar-refractivity contribution in [2.75, 3.05) is 37.4 Å². The summed E-state index contributed by atoms with van der Waals surface area (Å²) in [7, 11) is 2.69. The maximum Gasteiger partial charge on any atom is 0.251 e. The van der Waals surface area contributed by atoms with Crippen LogP contribution in [0.1, 0.15) is 12.0 Å². The summed E-state index contributed by atoms with van der Waals surface area (Å²) in [5.74, 6) is 0.739. The quantitative estimate of drug-likeness (QED) is 0.683. The third-order valence-electron chi connectivity index (χ3n) is 5.20. The van der Waals surface area contributed by atoms with E-state index in [4.69, 9.17) is 11.6 Å². The molecule has 1 amide bonds. The third-order valence-corrected chi connectivity index (χ3v) is 7.60. The minimum absolute atomic E-state index is 0.0293. The number of carbonyl (C=O) groups excluding carboxylic acids is 1. The van der Waals surface area contributed by atoms with Crippen LogP contribution in [0.4, 0.5) is 11.5 Å². The van der Waals surface area contributed by atoms with Crippen molar-refractivity contribution < 1.29 is 4.79 Å². The molecule has 3 rings (SSSR count). The predicted molar refractivity (Wildman–Crippen MR) is 130 cm³/mol. The van der Waals surface area contributed by atoms with E-state index in [2.05, 4.69) is 66.0 Å². The number of pyridine rings is 1. The Morgan fingerprint density at radius 2 is 2.03 bits per heavy atom. The number of carbonyl (C=O) groups is 1. The molecular weight excluding hydrogens is 412 g/mol. The fourth-order valence-electron chi connectivity index (χ4n) is 3.76. The molecule has 2 heterocycles. The van der Waals surface area contributed by atoms with E-state index >= 15 is 0 Å². The van der Waals surface area contributed by atoms with E-state index in [1.165, 1.54) is 10.8 Å². The van der Waals surface area contributed by atoms with E-state index in [0.29, 0.717) is 18.0 Å². The fourth-order valence-corrected chi connectivity index (χ4v) is 5.70. The van der Waals surface area contributed by atoms with Crippen LogP contribution in [0.15, 0.2) is 48.2 Å². The molecule has 1 aromatic heterocycles. The number of benzene rings is 1. The second-order valence-corrected chi connectivity index (χ2v) is 14.5. The normalized spacial score (nSPS) is 14.6. The van der Waals surface area contributed by atoms with Crippen LogP contribution in [0.25, 0.3) is 0 Å². The predicted octanol–water partition coefficient (Wildman–Crippen LogP) is 4.12. The van der Waals surface area contributed by atoms with Gasteiger partial charge < -0.3 is 15.1 Å². The molecule has 160 valence electrons. The van der Waals surface area contributed by atoms with Crippen molar-refractivity contribution in [3.63, 3.8) is 0 Å². The zero-order chi connectivity index (χ0) is 21.9. The molecule has 0 unspecified atom stereocenters. The number of aromatic nitrogens is 1. The fraction of sp³-hybridized carbons (Fsp3) is 0.391. The number of hydrogen-bond donors (Lipinski definition) is 1. The van der Waals surface area contributed by atoms with Crippen molar-refractivity contribution in [1.82, 2.24) is 9.88 Å². The molecule has 0 bridgehead atoms. The average molecular weight is 443 g/mol. The van der Waals surface area contributed by atoms with Crippen LogP contribution in [0, 0.1) is 0 Å². The monoisotopic (exact) mass is 442 g/mol. The first-order chi connectivity index (χ1) is 14.1. The molecule has 5 nitrogen and oxygen atoms in total. The Hall–Kier alpha value is -2.15. The van der Waals surface area contributed by atoms with E-state index < -0.39 is 8.07 Å². The lowest BCUT2D eigenvalue weighted by molar-refractivity contribution is -0.113. The molecular formula is C23H31ClN4OSi. The van der Waals surface area contributed by atoms with Crippen LogP contribution in [-0.4, -0.2) is 51.0 Å². The molecule has 30 heavy (non-hydrogen) atoms. The number of nitrogens with one attached hydrogen (secondary N) is 1. The number of anilines is 2. The summed E-state index contributed by atoms with van der Waals surface area (Å²) in [6.45, 7) is 9.27. The number of amides is 1. The zero-order valence-corrected chi connectivity index (χ0v) is 20.3. The van der Waals surface area contributed by atoms with Crippen molar-refractivity contribution in [2.24, 2.45) is 0 Å². The highest BCUT2D eigenvalue weighted by molar-refractivity contribution is 6.89. The summed E-state index contributed by atoms with van der Waals surface area (Å²) in [4.78, 5) is 21.5. The van der Waals surface area contributed by atoms with Gasteiger partial charge in [-0.15, -0.1) is 0 Å². The Kier molecular flexibility index (Phi) is 7.01. The van der Waals surface area contributed by atoms with E-state index in [1.807, 2.05) is 24.3 Å². The average Bonchev–Trinajstić information content (AvgIpc) is 2.67. The van der Waals surface area contributed by atoms with Crippen molar-refractivity contribution >= 4 is 42.3 Å². The summed E-state index contributed by atoms with van der Waals surface area (Å²) in [5.41, 5.74) is 2.96. The molecule has 0 fully saturated rings. The molecule has 0 spiro atoms. The molecule has 1 aromatic carbocycles. The van der Waals surface area contributed by atoms with Gasteiger partial charge in [-0.1, -0.05) is 48.6 Å². The molecule has 2 aromatic rings. The minimum Gasteiger partial charge on any atom is -0.351 e. The molecule has 0 atom stereocenters. The van der Waals surface area contributed by atoms with Gasteiger partial charge in [-0.2, -0.15) is 0 Å². The number of halogens is 1. The lowest BCUT2D eigenvalue weighted by atomic mass is 10.1. The number of nitrogens with zero attached hydrogens (tertiary/aromatic N) is 3. The summed E-state index contributed by atoms with van der Waals surface area (Å²) >= 11 is 6.25. The molecule has 1 aliphatic rings. The van der Waals surface area contributed by atoms with E-state index in [1.54, 1.807) is 6.20 Å². The van der Waals surface area contributed by atoms with Crippen LogP contribution in [0.5, 0.6) is 0 Å². The highest BCUT2D eigenvalue weighted by Gasteiger charge is 2.22. The number of hydrogen-bond acceptors (Lipinski definition) is 4. The van der Waals surface area contributed by atoms with Crippen molar-refractivity contribution in [3.05, 3.63) is 58.8 Å². The lowest BCUT2D eigenvalue weighted by Crippen LogP contribution is -2.41. The van der Waals surface area contributed by atoms with Crippen LogP contribution in [-0.2, 0) is 11.3 Å². The van der Waals surface area contributed by atoms with Crippen LogP contribution < -0.4 is 15.4 Å². The van der Waals surface area contributed by atoms with Crippen LogP contribution in [0.2, 0.25) is 24.7 Å². The van der Waals surface area contributed by atoms with Gasteiger partial charge in [0.2, 0.25) is 0 Å². The van der Waals surface area contributed by atoms with E-state index in [0.717, 1.165) is 30.2 Å². The Morgan fingerprint density at radius 3 is 2.63 bits per heavy atom. The summed E-state index contributed by atoms with van der Waals surface area (Å²) in [5, 5.41) is 5.17. The van der Waals surface area contributed by atoms with Gasteiger partial charge in [-0.05, 0) is 50.3 Å². The highest BCUT2D eigenvalue weighted by Crippen LogP contribution is 2.25. The standard InChI is InChI=1S/C23H31ClN4OSi/c1-27(2)16-18-15-19(8-9-21(18)30(3,4)5)26-23(29)17-10-13-28(14-11-17)22-20(24)7-6-12-25-22/h6-10,12,15H,11,13-14,16H2,1-5H3,(H,26,29). The van der Waals surface area contributed by atoms with Gasteiger partial charge in [-0.3, -0.25) is 4.79 Å². The molecule has 0 aliphatic carbocycles. The highest BCUT2D eigenvalue weighted by atomic mass is 35.5. The van der Waals surface area contributed by atoms with Gasteiger partial charge in [-0.25, -0.2) is 4.98 Å². The molecule has 0 saturated carbocycles. The van der Waals surface area contributed by atoms with Crippen molar-refractivity contribution in [2.45, 2.75) is 32.6 Å². The van der Waals surface area contributed by atoms with Crippen LogP contribution >= 0.6 is 11.6 Å². The molecule has 1 N–H and O–H groups in total. The SMILES string of the molecule is CN(C)Cc1cc(NC(=O)C2=CCN(c3ncccc3Cl)CC2)ccc1[Si](C)(C)C. The summed E-state index contributed by atoms with van der Waals surface area (Å²) < 4.78 is 0. The van der Waals surface area contributed by atoms with Crippen molar-refractivity contribution in [3.8, 4) is 0 Å². The molecule has 0 saturated heterocycles. The minimum atomic E-state index is -1.46. The van der Waals surface area contributed by atoms with Gasteiger partial charge in [0, 0.05) is 37.1 Å².